The average molecular weight is 362 g/mol. The lowest BCUT2D eigenvalue weighted by Gasteiger charge is -2.35. The van der Waals surface area contributed by atoms with Gasteiger partial charge in [0.25, 0.3) is 11.6 Å². The molecule has 1 aliphatic heterocycles. The zero-order valence-corrected chi connectivity index (χ0v) is 15.6. The molecule has 0 radical (unpaired) electrons. The van der Waals surface area contributed by atoms with Crippen LogP contribution in [-0.2, 0) is 4.79 Å². The van der Waals surface area contributed by atoms with Crippen LogP contribution < -0.4 is 4.90 Å². The highest BCUT2D eigenvalue weighted by atomic mass is 16.6. The predicted molar refractivity (Wildman–Crippen MR) is 99.4 cm³/mol. The SMILES string of the molecule is CCCCN(C)C(=O)c1ccc(N2CCN(C(C)=O)CC2)c([N+](=O)[O-])c1. The molecule has 0 N–H and O–H groups in total. The fraction of sp³-hybridized carbons (Fsp3) is 0.556. The van der Waals surface area contributed by atoms with Gasteiger partial charge in [0, 0.05) is 58.3 Å². The molecule has 0 aromatic heterocycles. The van der Waals surface area contributed by atoms with Crippen LogP contribution in [-0.4, -0.2) is 66.3 Å². The third kappa shape index (κ3) is 4.50. The summed E-state index contributed by atoms with van der Waals surface area (Å²) in [5.74, 6) is -0.204. The molecule has 1 heterocycles. The molecule has 8 nitrogen and oxygen atoms in total. The Labute approximate surface area is 153 Å². The fourth-order valence-corrected chi connectivity index (χ4v) is 3.05. The highest BCUT2D eigenvalue weighted by Gasteiger charge is 2.26. The van der Waals surface area contributed by atoms with E-state index in [1.807, 2.05) is 11.8 Å². The molecule has 8 heteroatoms. The summed E-state index contributed by atoms with van der Waals surface area (Å²) in [6.45, 7) is 6.32. The second-order valence-electron chi connectivity index (χ2n) is 6.53. The third-order valence-electron chi connectivity index (χ3n) is 4.68. The van der Waals surface area contributed by atoms with Crippen LogP contribution in [0.3, 0.4) is 0 Å². The van der Waals surface area contributed by atoms with Gasteiger partial charge in [-0.2, -0.15) is 0 Å². The van der Waals surface area contributed by atoms with E-state index in [0.717, 1.165) is 12.8 Å². The predicted octanol–water partition coefficient (Wildman–Crippen LogP) is 2.14. The number of amides is 2. The van der Waals surface area contributed by atoms with E-state index in [1.54, 1.807) is 29.0 Å². The molecule has 142 valence electrons. The highest BCUT2D eigenvalue weighted by Crippen LogP contribution is 2.30. The van der Waals surface area contributed by atoms with Gasteiger partial charge in [0.1, 0.15) is 5.69 Å². The molecule has 1 aromatic carbocycles. The molecule has 1 fully saturated rings. The van der Waals surface area contributed by atoms with Crippen LogP contribution in [0.1, 0.15) is 37.0 Å². The first-order valence-corrected chi connectivity index (χ1v) is 8.89. The fourth-order valence-electron chi connectivity index (χ4n) is 3.05. The number of piperazine rings is 1. The number of hydrogen-bond acceptors (Lipinski definition) is 5. The van der Waals surface area contributed by atoms with Crippen LogP contribution >= 0.6 is 0 Å². The summed E-state index contributed by atoms with van der Waals surface area (Å²) < 4.78 is 0. The van der Waals surface area contributed by atoms with E-state index in [9.17, 15) is 19.7 Å². The molecule has 0 aliphatic carbocycles. The Morgan fingerprint density at radius 3 is 2.42 bits per heavy atom. The quantitative estimate of drug-likeness (QED) is 0.571. The Morgan fingerprint density at radius 1 is 1.23 bits per heavy atom. The molecule has 0 atom stereocenters. The molecule has 0 unspecified atom stereocenters. The maximum Gasteiger partial charge on any atom is 0.293 e. The number of nitro groups is 1. The van der Waals surface area contributed by atoms with Crippen molar-refractivity contribution in [3.05, 3.63) is 33.9 Å². The van der Waals surface area contributed by atoms with E-state index < -0.39 is 4.92 Å². The topological polar surface area (TPSA) is 87.0 Å². The largest absolute Gasteiger partial charge is 0.362 e. The number of anilines is 1. The summed E-state index contributed by atoms with van der Waals surface area (Å²) in [7, 11) is 1.71. The van der Waals surface area contributed by atoms with Gasteiger partial charge >= 0.3 is 0 Å². The number of nitrogens with zero attached hydrogens (tertiary/aromatic N) is 4. The average Bonchev–Trinajstić information content (AvgIpc) is 2.65. The second kappa shape index (κ2) is 8.64. The van der Waals surface area contributed by atoms with Crippen LogP contribution in [0.2, 0.25) is 0 Å². The second-order valence-corrected chi connectivity index (χ2v) is 6.53. The molecular formula is C18H26N4O4. The maximum atomic E-state index is 12.5. The molecule has 0 saturated carbocycles. The minimum Gasteiger partial charge on any atom is -0.362 e. The number of hydrogen-bond donors (Lipinski definition) is 0. The van der Waals surface area contributed by atoms with E-state index in [2.05, 4.69) is 0 Å². The van der Waals surface area contributed by atoms with Gasteiger partial charge in [-0.05, 0) is 18.6 Å². The minimum atomic E-state index is -0.449. The minimum absolute atomic E-state index is 0.00945. The van der Waals surface area contributed by atoms with Gasteiger partial charge in [0.05, 0.1) is 4.92 Å². The van der Waals surface area contributed by atoms with Gasteiger partial charge in [0.15, 0.2) is 0 Å². The summed E-state index contributed by atoms with van der Waals surface area (Å²) in [4.78, 5) is 40.2. The van der Waals surface area contributed by atoms with E-state index in [4.69, 9.17) is 0 Å². The Bertz CT molecular complexity index is 684. The smallest absolute Gasteiger partial charge is 0.293 e. The highest BCUT2D eigenvalue weighted by molar-refractivity contribution is 5.95. The monoisotopic (exact) mass is 362 g/mol. The third-order valence-corrected chi connectivity index (χ3v) is 4.68. The van der Waals surface area contributed by atoms with Crippen molar-refractivity contribution in [1.82, 2.24) is 9.80 Å². The van der Waals surface area contributed by atoms with Crippen molar-refractivity contribution in [3.63, 3.8) is 0 Å². The molecule has 0 spiro atoms. The van der Waals surface area contributed by atoms with E-state index >= 15 is 0 Å². The van der Waals surface area contributed by atoms with Crippen molar-refractivity contribution in [2.75, 3.05) is 44.7 Å². The first-order chi connectivity index (χ1) is 12.3. The van der Waals surface area contributed by atoms with Gasteiger partial charge in [-0.1, -0.05) is 13.3 Å². The number of carbonyl (C=O) groups excluding carboxylic acids is 2. The number of unbranched alkanes of at least 4 members (excludes halogenated alkanes) is 1. The van der Waals surface area contributed by atoms with Crippen molar-refractivity contribution >= 4 is 23.2 Å². The van der Waals surface area contributed by atoms with Crippen LogP contribution in [0.4, 0.5) is 11.4 Å². The molecule has 1 aromatic rings. The number of carbonyl (C=O) groups is 2. The van der Waals surface area contributed by atoms with Crippen LogP contribution in [0.15, 0.2) is 18.2 Å². The standard InChI is InChI=1S/C18H26N4O4/c1-4-5-8-19(3)18(24)15-6-7-16(17(13-15)22(25)26)21-11-9-20(10-12-21)14(2)23/h6-7,13H,4-5,8-12H2,1-3H3. The molecule has 1 saturated heterocycles. The van der Waals surface area contributed by atoms with Crippen molar-refractivity contribution in [2.24, 2.45) is 0 Å². The maximum absolute atomic E-state index is 12.5. The lowest BCUT2D eigenvalue weighted by Crippen LogP contribution is -2.48. The van der Waals surface area contributed by atoms with Gasteiger partial charge in [0.2, 0.25) is 5.91 Å². The van der Waals surface area contributed by atoms with Gasteiger partial charge < -0.3 is 14.7 Å². The molecular weight excluding hydrogens is 336 g/mol. The summed E-state index contributed by atoms with van der Waals surface area (Å²) in [6, 6.07) is 4.64. The Balaban J connectivity index is 2.20. The summed E-state index contributed by atoms with van der Waals surface area (Å²) in [6.07, 6.45) is 1.87. The lowest BCUT2D eigenvalue weighted by molar-refractivity contribution is -0.384. The van der Waals surface area contributed by atoms with Crippen LogP contribution in [0.25, 0.3) is 0 Å². The first-order valence-electron chi connectivity index (χ1n) is 8.89. The summed E-state index contributed by atoms with van der Waals surface area (Å²) in [5.41, 5.74) is 0.739. The zero-order valence-electron chi connectivity index (χ0n) is 15.6. The molecule has 2 rings (SSSR count). The first kappa shape index (κ1) is 19.7. The van der Waals surface area contributed by atoms with Gasteiger partial charge in [-0.15, -0.1) is 0 Å². The number of rotatable bonds is 6. The summed E-state index contributed by atoms with van der Waals surface area (Å²) in [5, 5.41) is 11.5. The Hall–Kier alpha value is -2.64. The van der Waals surface area contributed by atoms with Crippen molar-refractivity contribution < 1.29 is 14.5 Å². The van der Waals surface area contributed by atoms with Gasteiger partial charge in [-0.25, -0.2) is 0 Å². The van der Waals surface area contributed by atoms with Crippen LogP contribution in [0.5, 0.6) is 0 Å². The van der Waals surface area contributed by atoms with Crippen molar-refractivity contribution in [3.8, 4) is 0 Å². The molecule has 1 aliphatic rings. The van der Waals surface area contributed by atoms with E-state index in [-0.39, 0.29) is 17.5 Å². The van der Waals surface area contributed by atoms with Crippen LogP contribution in [0, 0.1) is 10.1 Å². The Morgan fingerprint density at radius 2 is 1.88 bits per heavy atom. The molecule has 0 bridgehead atoms. The van der Waals surface area contributed by atoms with Gasteiger partial charge in [-0.3, -0.25) is 19.7 Å². The number of nitro benzene ring substituents is 1. The summed E-state index contributed by atoms with van der Waals surface area (Å²) >= 11 is 0. The molecule has 2 amide bonds. The van der Waals surface area contributed by atoms with E-state index in [0.29, 0.717) is 44.0 Å². The van der Waals surface area contributed by atoms with Crippen molar-refractivity contribution in [2.45, 2.75) is 26.7 Å². The zero-order chi connectivity index (χ0) is 19.3. The van der Waals surface area contributed by atoms with E-state index in [1.165, 1.54) is 13.0 Å². The normalized spacial score (nSPS) is 14.3. The number of benzene rings is 1. The molecule has 26 heavy (non-hydrogen) atoms. The lowest BCUT2D eigenvalue weighted by atomic mass is 10.1. The Kier molecular flexibility index (Phi) is 6.54. The van der Waals surface area contributed by atoms with Crippen molar-refractivity contribution in [1.29, 1.82) is 0 Å².